The van der Waals surface area contributed by atoms with Gasteiger partial charge < -0.3 is 44.8 Å². The molecule has 0 radical (unpaired) electrons. The van der Waals surface area contributed by atoms with Gasteiger partial charge in [0, 0.05) is 51.5 Å². The highest BCUT2D eigenvalue weighted by Crippen LogP contribution is 2.29. The number of ether oxygens (including phenoxy) is 6. The first kappa shape index (κ1) is 38.1. The number of carbonyl (C=O) groups is 2. The summed E-state index contributed by atoms with van der Waals surface area (Å²) in [5.41, 5.74) is 8.20. The van der Waals surface area contributed by atoms with Crippen molar-refractivity contribution in [1.82, 2.24) is 0 Å². The molecule has 2 amide bonds. The second kappa shape index (κ2) is 23.8. The molecule has 0 fully saturated rings. The Morgan fingerprint density at radius 1 is 0.738 bits per heavy atom. The molecule has 0 aliphatic rings. The lowest BCUT2D eigenvalue weighted by molar-refractivity contribution is -0.282. The number of hydrogen-bond acceptors (Lipinski definition) is 10. The molecule has 2 rings (SSSR count). The number of carbonyl (C=O) groups excluding carboxylic acids is 2. The molecular weight excluding hydrogens is 544 g/mol. The van der Waals surface area contributed by atoms with Crippen molar-refractivity contribution in [2.75, 3.05) is 56.0 Å². The number of hydrogen-bond donors (Lipinski definition) is 3. The molecule has 0 heterocycles. The Bertz CT molecular complexity index is 1050. The van der Waals surface area contributed by atoms with Crippen LogP contribution in [0.25, 0.3) is 0 Å². The van der Waals surface area contributed by atoms with Crippen LogP contribution in [0.5, 0.6) is 11.5 Å². The van der Waals surface area contributed by atoms with E-state index in [-0.39, 0.29) is 11.8 Å². The van der Waals surface area contributed by atoms with Gasteiger partial charge in [-0.1, -0.05) is 0 Å². The highest BCUT2D eigenvalue weighted by atomic mass is 16.8. The number of nitrogens with two attached hydrogens (primary N) is 1. The molecule has 0 aliphatic carbocycles. The fourth-order valence-corrected chi connectivity index (χ4v) is 2.99. The number of aliphatic imine (C=N–C) groups is 1. The van der Waals surface area contributed by atoms with E-state index in [2.05, 4.69) is 15.6 Å². The van der Waals surface area contributed by atoms with Crippen LogP contribution in [-0.2, 0) is 28.5 Å². The van der Waals surface area contributed by atoms with Crippen LogP contribution < -0.4 is 25.8 Å². The minimum absolute atomic E-state index is 0.129. The van der Waals surface area contributed by atoms with Gasteiger partial charge in [-0.2, -0.15) is 0 Å². The number of nitrogen functional groups attached to an aromatic ring is 1. The van der Waals surface area contributed by atoms with Crippen LogP contribution in [0.1, 0.15) is 55.4 Å². The summed E-state index contributed by atoms with van der Waals surface area (Å²) in [4.78, 5) is 26.0. The van der Waals surface area contributed by atoms with Crippen LogP contribution in [0.3, 0.4) is 0 Å². The van der Waals surface area contributed by atoms with Crippen molar-refractivity contribution in [3.63, 3.8) is 0 Å². The van der Waals surface area contributed by atoms with Gasteiger partial charge >= 0.3 is 0 Å². The predicted octanol–water partition coefficient (Wildman–Crippen LogP) is 5.75. The molecule has 42 heavy (non-hydrogen) atoms. The molecule has 4 N–H and O–H groups in total. The van der Waals surface area contributed by atoms with Crippen LogP contribution in [0.15, 0.2) is 41.4 Å². The molecule has 12 nitrogen and oxygen atoms in total. The Morgan fingerprint density at radius 3 is 1.64 bits per heavy atom. The van der Waals surface area contributed by atoms with Crippen LogP contribution in [-0.4, -0.2) is 64.3 Å². The van der Waals surface area contributed by atoms with E-state index in [0.29, 0.717) is 73.9 Å². The molecule has 2 aromatic carbocycles. The Balaban J connectivity index is 0.000000628. The van der Waals surface area contributed by atoms with E-state index in [1.54, 1.807) is 36.4 Å². The molecule has 0 bridgehead atoms. The summed E-state index contributed by atoms with van der Waals surface area (Å²) in [6.45, 7) is 17.3. The Kier molecular flexibility index (Phi) is 21.6. The summed E-state index contributed by atoms with van der Waals surface area (Å²) in [6.07, 6.45) is 1.39. The highest BCUT2D eigenvalue weighted by molar-refractivity contribution is 5.91. The van der Waals surface area contributed by atoms with Crippen molar-refractivity contribution in [1.29, 1.82) is 0 Å². The summed E-state index contributed by atoms with van der Waals surface area (Å²) in [6, 6.07) is 10.4. The quantitative estimate of drug-likeness (QED) is 0.102. The van der Waals surface area contributed by atoms with Gasteiger partial charge in [-0.15, -0.1) is 0 Å². The van der Waals surface area contributed by atoms with Crippen molar-refractivity contribution in [3.8, 4) is 11.5 Å². The van der Waals surface area contributed by atoms with E-state index in [9.17, 15) is 9.59 Å². The third-order valence-corrected chi connectivity index (χ3v) is 4.54. The lowest BCUT2D eigenvalue weighted by Gasteiger charge is -2.15. The topological polar surface area (TPSA) is 152 Å². The summed E-state index contributed by atoms with van der Waals surface area (Å²) >= 11 is 0. The number of benzene rings is 2. The molecule has 0 aromatic heterocycles. The number of nitrogens with one attached hydrogen (secondary N) is 2. The Hall–Kier alpha value is -3.87. The molecule has 0 saturated carbocycles. The van der Waals surface area contributed by atoms with Crippen LogP contribution in [0.2, 0.25) is 0 Å². The van der Waals surface area contributed by atoms with E-state index >= 15 is 0 Å². The zero-order chi connectivity index (χ0) is 31.8. The average Bonchev–Trinajstić information content (AvgIpc) is 2.93. The van der Waals surface area contributed by atoms with Crippen molar-refractivity contribution in [2.45, 2.75) is 61.9 Å². The molecule has 0 atom stereocenters. The minimum Gasteiger partial charge on any atom is -0.492 e. The fourth-order valence-electron chi connectivity index (χ4n) is 2.99. The minimum atomic E-state index is -0.472. The van der Waals surface area contributed by atoms with E-state index in [0.717, 1.165) is 0 Å². The molecule has 2 aromatic rings. The van der Waals surface area contributed by atoms with Crippen molar-refractivity contribution < 1.29 is 38.0 Å². The van der Waals surface area contributed by atoms with Gasteiger partial charge in [-0.05, 0) is 65.8 Å². The van der Waals surface area contributed by atoms with Crippen molar-refractivity contribution in [2.24, 2.45) is 4.99 Å². The van der Waals surface area contributed by atoms with Crippen LogP contribution in [0, 0.1) is 0 Å². The zero-order valence-corrected chi connectivity index (χ0v) is 26.2. The van der Waals surface area contributed by atoms with Gasteiger partial charge in [-0.25, -0.2) is 4.99 Å². The number of rotatable bonds is 15. The largest absolute Gasteiger partial charge is 0.492 e. The van der Waals surface area contributed by atoms with E-state index in [1.807, 2.05) is 41.5 Å². The molecule has 236 valence electrons. The van der Waals surface area contributed by atoms with Gasteiger partial charge in [-0.3, -0.25) is 9.59 Å². The van der Waals surface area contributed by atoms with Crippen molar-refractivity contribution in [3.05, 3.63) is 36.4 Å². The maximum Gasteiger partial charge on any atom is 0.271 e. The normalized spacial score (nSPS) is 10.2. The van der Waals surface area contributed by atoms with Crippen LogP contribution >= 0.6 is 0 Å². The number of nitrogens with zero attached hydrogens (tertiary/aromatic N) is 1. The molecular formula is C30H48N4O8. The van der Waals surface area contributed by atoms with E-state index < -0.39 is 6.48 Å². The van der Waals surface area contributed by atoms with Gasteiger partial charge in [0.25, 0.3) is 6.48 Å². The fraction of sp³-hybridized carbons (Fsp3) is 0.500. The maximum atomic E-state index is 11.0. The van der Waals surface area contributed by atoms with E-state index in [1.165, 1.54) is 20.2 Å². The predicted molar refractivity (Wildman–Crippen MR) is 167 cm³/mol. The average molecular weight is 593 g/mol. The second-order valence-electron chi connectivity index (χ2n) is 8.01. The van der Waals surface area contributed by atoms with E-state index in [4.69, 9.17) is 34.2 Å². The monoisotopic (exact) mass is 592 g/mol. The molecule has 12 heteroatoms. The Labute approximate surface area is 249 Å². The standard InChI is InChI=1S/C13H18N2O3.C10H14N2O2.C7H16O3/c1-4-17-9-14-11-6-7-12(15-10(3)16)13(8-11)18-5-2;1-3-14-10-6-8(11)4-5-9(10)12-7(2)13;1-4-8-7(9-5-2)10-6-3/h6-9H,4-5H2,1-3H3,(H,15,16);4-6H,3,11H2,1-2H3,(H,12,13);7H,4-6H2,1-3H3. The maximum absolute atomic E-state index is 11.0. The molecule has 0 spiro atoms. The summed E-state index contributed by atoms with van der Waals surface area (Å²) in [5, 5.41) is 5.37. The Morgan fingerprint density at radius 2 is 1.21 bits per heavy atom. The highest BCUT2D eigenvalue weighted by Gasteiger charge is 2.07. The summed E-state index contributed by atoms with van der Waals surface area (Å²) in [5.74, 6) is 0.929. The number of amides is 2. The SMILES string of the molecule is CCOC(OCC)OCC.CCOC=Nc1ccc(NC(C)=O)c(OCC)c1.CCOc1cc(N)ccc1NC(C)=O. The molecule has 0 unspecified atom stereocenters. The third kappa shape index (κ3) is 17.7. The second-order valence-corrected chi connectivity index (χ2v) is 8.01. The third-order valence-electron chi connectivity index (χ3n) is 4.54. The first-order valence-corrected chi connectivity index (χ1v) is 14.0. The molecule has 0 aliphatic heterocycles. The van der Waals surface area contributed by atoms with Gasteiger partial charge in [0.2, 0.25) is 11.8 Å². The smallest absolute Gasteiger partial charge is 0.271 e. The van der Waals surface area contributed by atoms with Gasteiger partial charge in [0.1, 0.15) is 11.5 Å². The van der Waals surface area contributed by atoms with Gasteiger partial charge in [0.15, 0.2) is 6.40 Å². The first-order chi connectivity index (χ1) is 20.1. The lowest BCUT2D eigenvalue weighted by Crippen LogP contribution is -2.20. The number of anilines is 3. The van der Waals surface area contributed by atoms with Gasteiger partial charge in [0.05, 0.1) is 36.9 Å². The summed E-state index contributed by atoms with van der Waals surface area (Å²) < 4.78 is 31.0. The summed E-state index contributed by atoms with van der Waals surface area (Å²) in [7, 11) is 0. The molecule has 0 saturated heterocycles. The van der Waals surface area contributed by atoms with Crippen LogP contribution in [0.4, 0.5) is 22.7 Å². The zero-order valence-electron chi connectivity index (χ0n) is 26.2. The first-order valence-electron chi connectivity index (χ1n) is 14.0. The lowest BCUT2D eigenvalue weighted by atomic mass is 10.2. The van der Waals surface area contributed by atoms with Crippen molar-refractivity contribution >= 4 is 41.0 Å².